The molecule has 0 aliphatic rings. The first-order chi connectivity index (χ1) is 16.6. The fourth-order valence-electron chi connectivity index (χ4n) is 3.44. The van der Waals surface area contributed by atoms with Crippen LogP contribution in [0.5, 0.6) is 5.75 Å². The summed E-state index contributed by atoms with van der Waals surface area (Å²) in [5.41, 5.74) is 0.834. The highest BCUT2D eigenvalue weighted by Crippen LogP contribution is 2.30. The molecule has 8 nitrogen and oxygen atoms in total. The van der Waals surface area contributed by atoms with Crippen LogP contribution in [-0.4, -0.2) is 57.1 Å². The van der Waals surface area contributed by atoms with Crippen LogP contribution < -0.4 is 14.4 Å². The number of nitrogens with one attached hydrogen (secondary N) is 1. The van der Waals surface area contributed by atoms with Gasteiger partial charge >= 0.3 is 0 Å². The summed E-state index contributed by atoms with van der Waals surface area (Å²) in [6.07, 6.45) is 2.70. The van der Waals surface area contributed by atoms with Crippen molar-refractivity contribution in [1.29, 1.82) is 0 Å². The number of rotatable bonds is 13. The lowest BCUT2D eigenvalue weighted by Crippen LogP contribution is -2.51. The lowest BCUT2D eigenvalue weighted by molar-refractivity contribution is -0.139. The molecule has 1 N–H and O–H groups in total. The number of para-hydroxylation sites is 2. The molecule has 0 aliphatic heterocycles. The van der Waals surface area contributed by atoms with E-state index in [-0.39, 0.29) is 18.1 Å². The van der Waals surface area contributed by atoms with Crippen LogP contribution in [0.2, 0.25) is 0 Å². The third-order valence-corrected chi connectivity index (χ3v) is 6.50. The minimum absolute atomic E-state index is 0.00614. The molecule has 10 heteroatoms. The third kappa shape index (κ3) is 8.24. The summed E-state index contributed by atoms with van der Waals surface area (Å²) in [7, 11) is -3.87. The molecule has 0 fully saturated rings. The van der Waals surface area contributed by atoms with Gasteiger partial charge in [0.05, 0.1) is 18.6 Å². The van der Waals surface area contributed by atoms with Gasteiger partial charge in [-0.3, -0.25) is 13.9 Å². The molecule has 1 atom stereocenters. The van der Waals surface area contributed by atoms with Crippen LogP contribution in [0.15, 0.2) is 48.5 Å². The van der Waals surface area contributed by atoms with Crippen molar-refractivity contribution < 1.29 is 27.1 Å². The maximum atomic E-state index is 13.5. The van der Waals surface area contributed by atoms with E-state index in [1.807, 2.05) is 6.92 Å². The van der Waals surface area contributed by atoms with Crippen LogP contribution in [-0.2, 0) is 26.2 Å². The average molecular weight is 508 g/mol. The van der Waals surface area contributed by atoms with Crippen molar-refractivity contribution in [2.75, 3.05) is 30.3 Å². The van der Waals surface area contributed by atoms with Gasteiger partial charge in [-0.05, 0) is 50.1 Å². The number of amides is 2. The molecule has 0 saturated heterocycles. The molecule has 2 amide bonds. The van der Waals surface area contributed by atoms with Gasteiger partial charge in [-0.15, -0.1) is 0 Å². The Kier molecular flexibility index (Phi) is 10.5. The molecule has 0 saturated carbocycles. The highest BCUT2D eigenvalue weighted by atomic mass is 32.2. The first-order valence-electron chi connectivity index (χ1n) is 11.6. The molecule has 192 valence electrons. The number of halogens is 1. The number of nitrogens with zero attached hydrogens (tertiary/aromatic N) is 2. The van der Waals surface area contributed by atoms with Crippen LogP contribution >= 0.6 is 0 Å². The van der Waals surface area contributed by atoms with E-state index in [1.165, 1.54) is 29.2 Å². The molecule has 0 unspecified atom stereocenters. The van der Waals surface area contributed by atoms with Crippen LogP contribution in [0.4, 0.5) is 10.1 Å². The summed E-state index contributed by atoms with van der Waals surface area (Å²) in [6.45, 7) is 5.62. The zero-order chi connectivity index (χ0) is 26.0. The van der Waals surface area contributed by atoms with Gasteiger partial charge < -0.3 is 15.0 Å². The van der Waals surface area contributed by atoms with Crippen LogP contribution in [0.25, 0.3) is 0 Å². The molecule has 0 spiro atoms. The van der Waals surface area contributed by atoms with Gasteiger partial charge in [-0.2, -0.15) is 0 Å². The van der Waals surface area contributed by atoms with Gasteiger partial charge in [-0.25, -0.2) is 12.8 Å². The average Bonchev–Trinajstić information content (AvgIpc) is 2.81. The van der Waals surface area contributed by atoms with E-state index < -0.39 is 34.3 Å². The van der Waals surface area contributed by atoms with Crippen molar-refractivity contribution in [2.45, 2.75) is 46.2 Å². The van der Waals surface area contributed by atoms with Gasteiger partial charge in [0.2, 0.25) is 21.8 Å². The number of sulfonamides is 1. The van der Waals surface area contributed by atoms with Gasteiger partial charge in [0.15, 0.2) is 0 Å². The lowest BCUT2D eigenvalue weighted by atomic mass is 10.1. The molecule has 0 bridgehead atoms. The Hall–Kier alpha value is -3.14. The molecule has 35 heavy (non-hydrogen) atoms. The summed E-state index contributed by atoms with van der Waals surface area (Å²) in [5.74, 6) is -1.03. The Morgan fingerprint density at radius 2 is 1.74 bits per heavy atom. The second kappa shape index (κ2) is 13.1. The van der Waals surface area contributed by atoms with Crippen molar-refractivity contribution in [1.82, 2.24) is 10.2 Å². The summed E-state index contributed by atoms with van der Waals surface area (Å²) >= 11 is 0. The van der Waals surface area contributed by atoms with Gasteiger partial charge in [0.1, 0.15) is 24.2 Å². The minimum Gasteiger partial charge on any atom is -0.492 e. The highest BCUT2D eigenvalue weighted by molar-refractivity contribution is 7.92. The summed E-state index contributed by atoms with van der Waals surface area (Å²) in [5, 5.41) is 2.81. The maximum Gasteiger partial charge on any atom is 0.244 e. The van der Waals surface area contributed by atoms with Crippen LogP contribution in [0.3, 0.4) is 0 Å². The van der Waals surface area contributed by atoms with E-state index in [1.54, 1.807) is 38.1 Å². The van der Waals surface area contributed by atoms with Gasteiger partial charge in [-0.1, -0.05) is 37.6 Å². The lowest BCUT2D eigenvalue weighted by Gasteiger charge is -2.32. The Labute approximate surface area is 207 Å². The van der Waals surface area contributed by atoms with Crippen molar-refractivity contribution in [3.63, 3.8) is 0 Å². The number of hydrogen-bond donors (Lipinski definition) is 1. The fourth-order valence-corrected chi connectivity index (χ4v) is 4.29. The molecule has 2 aromatic carbocycles. The summed E-state index contributed by atoms with van der Waals surface area (Å²) < 4.78 is 45.3. The van der Waals surface area contributed by atoms with E-state index >= 15 is 0 Å². The first kappa shape index (κ1) is 28.1. The number of benzene rings is 2. The van der Waals surface area contributed by atoms with Crippen LogP contribution in [0.1, 0.15) is 39.2 Å². The van der Waals surface area contributed by atoms with E-state index in [9.17, 15) is 22.4 Å². The predicted molar refractivity (Wildman–Crippen MR) is 134 cm³/mol. The number of carbonyl (C=O) groups excluding carboxylic acids is 2. The third-order valence-electron chi connectivity index (χ3n) is 5.38. The second-order valence-corrected chi connectivity index (χ2v) is 10.0. The number of hydrogen-bond acceptors (Lipinski definition) is 5. The van der Waals surface area contributed by atoms with Crippen molar-refractivity contribution in [2.24, 2.45) is 0 Å². The van der Waals surface area contributed by atoms with Crippen molar-refractivity contribution >= 4 is 27.5 Å². The Morgan fingerprint density at radius 3 is 2.34 bits per heavy atom. The standard InChI is InChI=1S/C25H34FN3O5S/c1-5-7-16-27-25(31)19(3)28(17-20-12-14-21(26)15-13-20)24(30)18-29(35(4,32)33)22-10-8-9-11-23(22)34-6-2/h8-15,19H,5-7,16-18H2,1-4H3,(H,27,31)/t19-/m1/s1. The maximum absolute atomic E-state index is 13.5. The molecule has 0 aromatic heterocycles. The molecule has 0 heterocycles. The van der Waals surface area contributed by atoms with Crippen molar-refractivity contribution in [3.8, 4) is 5.75 Å². The topological polar surface area (TPSA) is 96.0 Å². The largest absolute Gasteiger partial charge is 0.492 e. The predicted octanol–water partition coefficient (Wildman–Crippen LogP) is 3.32. The number of carbonyl (C=O) groups is 2. The quantitative estimate of drug-likeness (QED) is 0.420. The number of ether oxygens (including phenoxy) is 1. The second-order valence-electron chi connectivity index (χ2n) is 8.14. The molecule has 0 radical (unpaired) electrons. The normalized spacial score (nSPS) is 12.0. The van der Waals surface area contributed by atoms with E-state index in [4.69, 9.17) is 4.74 Å². The molecular weight excluding hydrogens is 473 g/mol. The number of anilines is 1. The van der Waals surface area contributed by atoms with E-state index in [0.717, 1.165) is 23.4 Å². The van der Waals surface area contributed by atoms with Gasteiger partial charge in [0.25, 0.3) is 0 Å². The van der Waals surface area contributed by atoms with E-state index in [0.29, 0.717) is 24.5 Å². The Morgan fingerprint density at radius 1 is 1.09 bits per heavy atom. The SMILES string of the molecule is CCCCNC(=O)[C@@H](C)N(Cc1ccc(F)cc1)C(=O)CN(c1ccccc1OCC)S(C)(=O)=O. The summed E-state index contributed by atoms with van der Waals surface area (Å²) in [6, 6.07) is 11.3. The van der Waals surface area contributed by atoms with Crippen LogP contribution in [0, 0.1) is 5.82 Å². The molecule has 0 aliphatic carbocycles. The smallest absolute Gasteiger partial charge is 0.244 e. The summed E-state index contributed by atoms with van der Waals surface area (Å²) in [4.78, 5) is 27.6. The Bertz CT molecular complexity index is 1090. The Balaban J connectivity index is 2.38. The zero-order valence-corrected chi connectivity index (χ0v) is 21.5. The molecular formula is C25H34FN3O5S. The minimum atomic E-state index is -3.87. The zero-order valence-electron chi connectivity index (χ0n) is 20.7. The highest BCUT2D eigenvalue weighted by Gasteiger charge is 2.31. The van der Waals surface area contributed by atoms with E-state index in [2.05, 4.69) is 5.32 Å². The molecule has 2 aromatic rings. The van der Waals surface area contributed by atoms with Crippen molar-refractivity contribution in [3.05, 3.63) is 59.9 Å². The van der Waals surface area contributed by atoms with Gasteiger partial charge in [0, 0.05) is 13.1 Å². The molecule has 2 rings (SSSR count). The number of unbranched alkanes of at least 4 members (excludes halogenated alkanes) is 1. The fraction of sp³-hybridized carbons (Fsp3) is 0.440. The monoisotopic (exact) mass is 507 g/mol. The first-order valence-corrected chi connectivity index (χ1v) is 13.4.